The molecule has 0 saturated heterocycles. The molecule has 0 spiro atoms. The summed E-state index contributed by atoms with van der Waals surface area (Å²) < 4.78 is 3.05. The Bertz CT molecular complexity index is 633. The van der Waals surface area contributed by atoms with Crippen LogP contribution in [0.2, 0.25) is 0 Å². The number of nitrogens with zero attached hydrogens (tertiary/aromatic N) is 3. The van der Waals surface area contributed by atoms with Gasteiger partial charge >= 0.3 is 0 Å². The Hall–Kier alpha value is -1.34. The van der Waals surface area contributed by atoms with E-state index < -0.39 is 0 Å². The second kappa shape index (κ2) is 8.67. The zero-order chi connectivity index (χ0) is 16.8. The van der Waals surface area contributed by atoms with Crippen molar-refractivity contribution >= 4 is 29.0 Å². The average molecular weight is 365 g/mol. The van der Waals surface area contributed by atoms with Crippen molar-refractivity contribution in [1.82, 2.24) is 20.1 Å². The molecule has 2 aromatic heterocycles. The highest BCUT2D eigenvalue weighted by atomic mass is 32.2. The first-order valence-corrected chi connectivity index (χ1v) is 10.3. The maximum atomic E-state index is 12.1. The summed E-state index contributed by atoms with van der Waals surface area (Å²) in [6, 6.07) is 2.25. The van der Waals surface area contributed by atoms with Crippen LogP contribution in [-0.2, 0) is 11.3 Å². The topological polar surface area (TPSA) is 59.8 Å². The minimum Gasteiger partial charge on any atom is -0.353 e. The first-order valence-electron chi connectivity index (χ1n) is 8.54. The predicted molar refractivity (Wildman–Crippen MR) is 98.4 cm³/mol. The molecule has 0 bridgehead atoms. The SMILES string of the molecule is Cc1csc(SC2CCC(NC(=O)CCCn3cccn3)CC2)n1. The molecule has 24 heavy (non-hydrogen) atoms. The van der Waals surface area contributed by atoms with Crippen molar-refractivity contribution in [2.75, 3.05) is 0 Å². The van der Waals surface area contributed by atoms with E-state index in [0.717, 1.165) is 44.3 Å². The number of thioether (sulfide) groups is 1. The van der Waals surface area contributed by atoms with Crippen molar-refractivity contribution in [1.29, 1.82) is 0 Å². The first-order chi connectivity index (χ1) is 11.7. The van der Waals surface area contributed by atoms with Gasteiger partial charge in [0.2, 0.25) is 5.91 Å². The fourth-order valence-electron chi connectivity index (χ4n) is 2.99. The lowest BCUT2D eigenvalue weighted by Gasteiger charge is -2.28. The molecule has 2 aromatic rings. The van der Waals surface area contributed by atoms with Gasteiger partial charge in [0.15, 0.2) is 0 Å². The molecule has 1 saturated carbocycles. The maximum Gasteiger partial charge on any atom is 0.220 e. The fraction of sp³-hybridized carbons (Fsp3) is 0.588. The largest absolute Gasteiger partial charge is 0.353 e. The molecule has 130 valence electrons. The van der Waals surface area contributed by atoms with Crippen LogP contribution < -0.4 is 5.32 Å². The van der Waals surface area contributed by atoms with E-state index in [9.17, 15) is 4.79 Å². The second-order valence-electron chi connectivity index (χ2n) is 6.29. The fourth-order valence-corrected chi connectivity index (χ4v) is 5.27. The Labute approximate surface area is 151 Å². The van der Waals surface area contributed by atoms with Crippen LogP contribution in [0, 0.1) is 6.92 Å². The van der Waals surface area contributed by atoms with E-state index in [1.165, 1.54) is 4.34 Å². The summed E-state index contributed by atoms with van der Waals surface area (Å²) in [5, 5.41) is 10.1. The van der Waals surface area contributed by atoms with Gasteiger partial charge in [0, 0.05) is 47.7 Å². The number of hydrogen-bond acceptors (Lipinski definition) is 5. The summed E-state index contributed by atoms with van der Waals surface area (Å²) >= 11 is 3.64. The molecule has 1 N–H and O–H groups in total. The van der Waals surface area contributed by atoms with Gasteiger partial charge in [0.05, 0.1) is 0 Å². The van der Waals surface area contributed by atoms with Crippen LogP contribution >= 0.6 is 23.1 Å². The zero-order valence-corrected chi connectivity index (χ0v) is 15.6. The summed E-state index contributed by atoms with van der Waals surface area (Å²) in [4.78, 5) is 16.6. The summed E-state index contributed by atoms with van der Waals surface area (Å²) in [6.07, 6.45) is 9.57. The van der Waals surface area contributed by atoms with Crippen LogP contribution in [0.3, 0.4) is 0 Å². The minimum atomic E-state index is 0.175. The second-order valence-corrected chi connectivity index (χ2v) is 8.69. The summed E-state index contributed by atoms with van der Waals surface area (Å²) in [6.45, 7) is 2.84. The standard InChI is InChI=1S/C17H24N4OS2/c1-13-12-23-17(19-13)24-15-7-5-14(6-8-15)20-16(22)4-2-10-21-11-3-9-18-21/h3,9,11-12,14-15H,2,4-8,10H2,1H3,(H,20,22). The molecule has 0 aliphatic heterocycles. The highest BCUT2D eigenvalue weighted by molar-refractivity contribution is 8.01. The molecule has 0 aromatic carbocycles. The van der Waals surface area contributed by atoms with Crippen LogP contribution in [0.4, 0.5) is 0 Å². The van der Waals surface area contributed by atoms with Crippen molar-refractivity contribution in [3.63, 3.8) is 0 Å². The molecule has 1 aliphatic rings. The Kier molecular flexibility index (Phi) is 6.31. The van der Waals surface area contributed by atoms with Crippen molar-refractivity contribution in [3.05, 3.63) is 29.5 Å². The molecular formula is C17H24N4OS2. The lowest BCUT2D eigenvalue weighted by atomic mass is 9.95. The lowest BCUT2D eigenvalue weighted by molar-refractivity contribution is -0.122. The number of carbonyl (C=O) groups excluding carboxylic acids is 1. The molecule has 2 heterocycles. The van der Waals surface area contributed by atoms with Gasteiger partial charge in [-0.1, -0.05) is 11.8 Å². The molecule has 0 radical (unpaired) electrons. The molecule has 5 nitrogen and oxygen atoms in total. The molecule has 1 aliphatic carbocycles. The van der Waals surface area contributed by atoms with Crippen LogP contribution in [0.1, 0.15) is 44.2 Å². The van der Waals surface area contributed by atoms with Crippen molar-refractivity contribution < 1.29 is 4.79 Å². The number of amides is 1. The predicted octanol–water partition coefficient (Wildman–Crippen LogP) is 3.65. The van der Waals surface area contributed by atoms with E-state index in [4.69, 9.17) is 0 Å². The van der Waals surface area contributed by atoms with Gasteiger partial charge in [-0.05, 0) is 45.1 Å². The maximum absolute atomic E-state index is 12.1. The number of aryl methyl sites for hydroxylation is 2. The zero-order valence-electron chi connectivity index (χ0n) is 14.0. The van der Waals surface area contributed by atoms with Gasteiger partial charge in [0.25, 0.3) is 0 Å². The van der Waals surface area contributed by atoms with Gasteiger partial charge in [-0.15, -0.1) is 11.3 Å². The van der Waals surface area contributed by atoms with Gasteiger partial charge in [-0.2, -0.15) is 5.10 Å². The van der Waals surface area contributed by atoms with Crippen LogP contribution in [0.5, 0.6) is 0 Å². The summed E-state index contributed by atoms with van der Waals surface area (Å²) in [7, 11) is 0. The van der Waals surface area contributed by atoms with Crippen LogP contribution in [-0.4, -0.2) is 32.0 Å². The third-order valence-electron chi connectivity index (χ3n) is 4.25. The highest BCUT2D eigenvalue weighted by Gasteiger charge is 2.23. The first kappa shape index (κ1) is 17.5. The van der Waals surface area contributed by atoms with E-state index in [-0.39, 0.29) is 5.91 Å². The molecule has 7 heteroatoms. The normalized spacial score (nSPS) is 20.9. The Morgan fingerprint density at radius 1 is 1.42 bits per heavy atom. The number of hydrogen-bond donors (Lipinski definition) is 1. The molecule has 0 unspecified atom stereocenters. The van der Waals surface area contributed by atoms with E-state index in [1.807, 2.05) is 35.6 Å². The Morgan fingerprint density at radius 3 is 2.92 bits per heavy atom. The monoisotopic (exact) mass is 364 g/mol. The highest BCUT2D eigenvalue weighted by Crippen LogP contribution is 2.35. The molecule has 1 fully saturated rings. The van der Waals surface area contributed by atoms with Gasteiger partial charge in [-0.25, -0.2) is 4.98 Å². The number of thiazole rings is 1. The average Bonchev–Trinajstić information content (AvgIpc) is 3.21. The van der Waals surface area contributed by atoms with Crippen molar-refractivity contribution in [2.45, 2.75) is 67.6 Å². The third-order valence-corrected chi connectivity index (χ3v) is 6.68. The Morgan fingerprint density at radius 2 is 2.25 bits per heavy atom. The summed E-state index contributed by atoms with van der Waals surface area (Å²) in [5.41, 5.74) is 1.11. The third kappa shape index (κ3) is 5.34. The Balaban J connectivity index is 1.32. The quantitative estimate of drug-likeness (QED) is 0.815. The lowest BCUT2D eigenvalue weighted by Crippen LogP contribution is -2.38. The molecule has 3 rings (SSSR count). The van der Waals surface area contributed by atoms with Gasteiger partial charge < -0.3 is 5.32 Å². The summed E-state index contributed by atoms with van der Waals surface area (Å²) in [5.74, 6) is 0.175. The van der Waals surface area contributed by atoms with Crippen LogP contribution in [0.25, 0.3) is 0 Å². The van der Waals surface area contributed by atoms with Gasteiger partial charge in [0.1, 0.15) is 4.34 Å². The van der Waals surface area contributed by atoms with Crippen molar-refractivity contribution in [3.8, 4) is 0 Å². The van der Waals surface area contributed by atoms with Gasteiger partial charge in [-0.3, -0.25) is 9.48 Å². The van der Waals surface area contributed by atoms with E-state index in [0.29, 0.717) is 17.7 Å². The number of rotatable bonds is 7. The number of nitrogens with one attached hydrogen (secondary N) is 1. The molecular weight excluding hydrogens is 340 g/mol. The van der Waals surface area contributed by atoms with Crippen LogP contribution in [0.15, 0.2) is 28.2 Å². The number of aromatic nitrogens is 3. The van der Waals surface area contributed by atoms with E-state index in [1.54, 1.807) is 17.5 Å². The minimum absolute atomic E-state index is 0.175. The molecule has 1 amide bonds. The van der Waals surface area contributed by atoms with E-state index in [2.05, 4.69) is 20.8 Å². The molecule has 0 atom stereocenters. The van der Waals surface area contributed by atoms with E-state index >= 15 is 0 Å². The van der Waals surface area contributed by atoms with Crippen molar-refractivity contribution in [2.24, 2.45) is 0 Å². The number of carbonyl (C=O) groups is 1. The smallest absolute Gasteiger partial charge is 0.220 e.